The lowest BCUT2D eigenvalue weighted by Gasteiger charge is -2.32. The molecule has 0 aliphatic carbocycles. The van der Waals surface area contributed by atoms with E-state index in [2.05, 4.69) is 27.0 Å². The summed E-state index contributed by atoms with van der Waals surface area (Å²) in [6.07, 6.45) is 10.5. The van der Waals surface area contributed by atoms with E-state index in [9.17, 15) is 13.0 Å². The fourth-order valence-corrected chi connectivity index (χ4v) is 3.36. The summed E-state index contributed by atoms with van der Waals surface area (Å²) in [7, 11) is -2.00. The molecule has 0 saturated carbocycles. The molecule has 5 nitrogen and oxygen atoms in total. The summed E-state index contributed by atoms with van der Waals surface area (Å²) >= 11 is 0. The lowest BCUT2D eigenvalue weighted by atomic mass is 10.1. The van der Waals surface area contributed by atoms with Gasteiger partial charge in [-0.05, 0) is 37.8 Å². The second-order valence-corrected chi connectivity index (χ2v) is 8.65. The molecule has 27 heavy (non-hydrogen) atoms. The van der Waals surface area contributed by atoms with Crippen LogP contribution >= 0.6 is 0 Å². The maximum absolute atomic E-state index is 10.3. The summed E-state index contributed by atoms with van der Waals surface area (Å²) in [6, 6.07) is 9.55. The number of quaternary nitrogens is 1. The lowest BCUT2D eigenvalue weighted by Crippen LogP contribution is -2.45. The highest BCUT2D eigenvalue weighted by Gasteiger charge is 2.19. The summed E-state index contributed by atoms with van der Waals surface area (Å²) in [5.74, 6) is 0. The minimum absolute atomic E-state index is 0.185. The molecule has 0 aliphatic heterocycles. The Bertz CT molecular complexity index is 613. The van der Waals surface area contributed by atoms with E-state index in [4.69, 9.17) is 5.26 Å². The molecule has 0 amide bonds. The molecule has 0 radical (unpaired) electrons. The molecule has 0 atom stereocenters. The van der Waals surface area contributed by atoms with Crippen molar-refractivity contribution in [2.45, 2.75) is 70.1 Å². The van der Waals surface area contributed by atoms with Gasteiger partial charge in [-0.1, -0.05) is 57.7 Å². The summed E-state index contributed by atoms with van der Waals surface area (Å²) in [4.78, 5) is -0.185. The molecule has 6 heteroatoms. The molecule has 0 N–H and O–H groups in total. The lowest BCUT2D eigenvalue weighted by molar-refractivity contribution is -0.903. The van der Waals surface area contributed by atoms with Gasteiger partial charge in [0.05, 0.1) is 25.0 Å². The predicted molar refractivity (Wildman–Crippen MR) is 109 cm³/mol. The molecule has 154 valence electrons. The zero-order chi connectivity index (χ0) is 20.6. The van der Waals surface area contributed by atoms with Crippen LogP contribution in [-0.2, 0) is 10.1 Å². The first-order chi connectivity index (χ1) is 12.8. The van der Waals surface area contributed by atoms with Crippen LogP contribution in [-0.4, -0.2) is 44.1 Å². The zero-order valence-corrected chi connectivity index (χ0v) is 18.0. The first-order valence-corrected chi connectivity index (χ1v) is 11.4. The fourth-order valence-electron chi connectivity index (χ4n) is 2.87. The summed E-state index contributed by atoms with van der Waals surface area (Å²) in [6.45, 7) is 7.53. The number of nitriles is 1. The van der Waals surface area contributed by atoms with Gasteiger partial charge in [0.25, 0.3) is 0 Å². The first kappa shape index (κ1) is 25.6. The van der Waals surface area contributed by atoms with E-state index in [0.717, 1.165) is 4.48 Å². The number of hydrogen-bond acceptors (Lipinski definition) is 4. The van der Waals surface area contributed by atoms with Gasteiger partial charge in [-0.3, -0.25) is 0 Å². The normalized spacial score (nSPS) is 11.4. The predicted octanol–water partition coefficient (Wildman–Crippen LogP) is 4.71. The maximum atomic E-state index is 10.3. The standard InChI is InChI=1S/C15H31N2.C6H6O3S/c1-4-6-8-10-13-17(3,15-12-16)14-11-9-7-5-2;7-10(8,9)6-4-2-1-3-5-6/h4-11,13-15H2,1-3H3;1-5H,(H,7,8,9)/q+1;/p-1. The van der Waals surface area contributed by atoms with Crippen LogP contribution in [0.4, 0.5) is 0 Å². The summed E-state index contributed by atoms with van der Waals surface area (Å²) in [5.41, 5.74) is 0. The third kappa shape index (κ3) is 13.4. The van der Waals surface area contributed by atoms with Crippen LogP contribution in [0.1, 0.15) is 65.2 Å². The van der Waals surface area contributed by atoms with Crippen LogP contribution < -0.4 is 0 Å². The van der Waals surface area contributed by atoms with E-state index in [0.29, 0.717) is 6.54 Å². The third-order valence-electron chi connectivity index (χ3n) is 4.59. The Hall–Kier alpha value is -1.42. The van der Waals surface area contributed by atoms with Gasteiger partial charge < -0.3 is 9.04 Å². The van der Waals surface area contributed by atoms with E-state index in [1.807, 2.05) is 0 Å². The number of benzene rings is 1. The second kappa shape index (κ2) is 14.6. The highest BCUT2D eigenvalue weighted by atomic mass is 32.2. The van der Waals surface area contributed by atoms with Gasteiger partial charge in [-0.2, -0.15) is 5.26 Å². The van der Waals surface area contributed by atoms with Crippen LogP contribution in [0.5, 0.6) is 0 Å². The third-order valence-corrected chi connectivity index (χ3v) is 5.44. The largest absolute Gasteiger partial charge is 0.744 e. The van der Waals surface area contributed by atoms with E-state index in [1.54, 1.807) is 6.07 Å². The van der Waals surface area contributed by atoms with Crippen molar-refractivity contribution in [3.05, 3.63) is 30.3 Å². The van der Waals surface area contributed by atoms with Crippen molar-refractivity contribution < 1.29 is 17.5 Å². The SMILES string of the molecule is CCCCCC[N+](C)(CC#N)CCCCCC.O=S(=O)([O-])c1ccccc1. The quantitative estimate of drug-likeness (QED) is 0.222. The molecule has 0 spiro atoms. The van der Waals surface area contributed by atoms with Crippen LogP contribution in [0.15, 0.2) is 35.2 Å². The molecule has 0 fully saturated rings. The van der Waals surface area contributed by atoms with Crippen LogP contribution in [0.2, 0.25) is 0 Å². The molecule has 0 saturated heterocycles. The molecule has 0 aliphatic rings. The monoisotopic (exact) mass is 396 g/mol. The molecule has 1 aromatic carbocycles. The van der Waals surface area contributed by atoms with Gasteiger partial charge in [0.2, 0.25) is 0 Å². The Kier molecular flexibility index (Phi) is 13.8. The van der Waals surface area contributed by atoms with Crippen molar-refractivity contribution in [1.29, 1.82) is 5.26 Å². The van der Waals surface area contributed by atoms with Crippen molar-refractivity contribution in [3.8, 4) is 6.07 Å². The Morgan fingerprint density at radius 2 is 1.41 bits per heavy atom. The van der Waals surface area contributed by atoms with Gasteiger partial charge in [0.1, 0.15) is 16.2 Å². The Morgan fingerprint density at radius 1 is 0.926 bits per heavy atom. The van der Waals surface area contributed by atoms with Crippen LogP contribution in [0.25, 0.3) is 0 Å². The maximum Gasteiger partial charge on any atom is 0.166 e. The Labute approximate surface area is 166 Å². The van der Waals surface area contributed by atoms with Gasteiger partial charge in [0.15, 0.2) is 6.54 Å². The zero-order valence-electron chi connectivity index (χ0n) is 17.2. The minimum Gasteiger partial charge on any atom is -0.744 e. The van der Waals surface area contributed by atoms with E-state index in [-0.39, 0.29) is 4.90 Å². The molecule has 0 heterocycles. The van der Waals surface area contributed by atoms with Crippen molar-refractivity contribution in [3.63, 3.8) is 0 Å². The topological polar surface area (TPSA) is 81.0 Å². The summed E-state index contributed by atoms with van der Waals surface area (Å²) < 4.78 is 31.8. The number of rotatable bonds is 12. The number of nitrogens with zero attached hydrogens (tertiary/aromatic N) is 2. The smallest absolute Gasteiger partial charge is 0.166 e. The average molecular weight is 397 g/mol. The Balaban J connectivity index is 0.000000569. The molecule has 0 unspecified atom stereocenters. The molecule has 1 aromatic rings. The first-order valence-electron chi connectivity index (χ1n) is 10.0. The van der Waals surface area contributed by atoms with Crippen LogP contribution in [0, 0.1) is 11.3 Å². The number of unbranched alkanes of at least 4 members (excludes halogenated alkanes) is 6. The Morgan fingerprint density at radius 3 is 1.74 bits per heavy atom. The second-order valence-electron chi connectivity index (χ2n) is 7.27. The molecule has 0 bridgehead atoms. The van der Waals surface area contributed by atoms with Crippen molar-refractivity contribution in [2.75, 3.05) is 26.7 Å². The van der Waals surface area contributed by atoms with Crippen molar-refractivity contribution in [2.24, 2.45) is 0 Å². The average Bonchev–Trinajstić information content (AvgIpc) is 2.63. The van der Waals surface area contributed by atoms with E-state index < -0.39 is 10.1 Å². The molecular weight excluding hydrogens is 360 g/mol. The van der Waals surface area contributed by atoms with Gasteiger partial charge in [0, 0.05) is 0 Å². The van der Waals surface area contributed by atoms with Crippen LogP contribution in [0.3, 0.4) is 0 Å². The van der Waals surface area contributed by atoms with E-state index in [1.165, 1.54) is 88.7 Å². The number of hydrogen-bond donors (Lipinski definition) is 0. The molecule has 0 aromatic heterocycles. The van der Waals surface area contributed by atoms with Gasteiger partial charge >= 0.3 is 0 Å². The summed E-state index contributed by atoms with van der Waals surface area (Å²) in [5, 5.41) is 8.94. The van der Waals surface area contributed by atoms with Crippen molar-refractivity contribution >= 4 is 10.1 Å². The molecule has 1 rings (SSSR count). The highest BCUT2D eigenvalue weighted by molar-refractivity contribution is 7.85. The minimum atomic E-state index is -4.25. The molecular formula is C21H36N2O3S. The van der Waals surface area contributed by atoms with E-state index >= 15 is 0 Å². The van der Waals surface area contributed by atoms with Crippen molar-refractivity contribution in [1.82, 2.24) is 0 Å². The highest BCUT2D eigenvalue weighted by Crippen LogP contribution is 2.11. The van der Waals surface area contributed by atoms with Gasteiger partial charge in [-0.25, -0.2) is 8.42 Å². The van der Waals surface area contributed by atoms with Gasteiger partial charge in [-0.15, -0.1) is 0 Å². The fraction of sp³-hybridized carbons (Fsp3) is 0.667.